The van der Waals surface area contributed by atoms with Crippen LogP contribution in [-0.4, -0.2) is 44.1 Å². The van der Waals surface area contributed by atoms with Gasteiger partial charge in [-0.3, -0.25) is 4.98 Å². The van der Waals surface area contributed by atoms with E-state index in [2.05, 4.69) is 48.1 Å². The van der Waals surface area contributed by atoms with Crippen molar-refractivity contribution in [1.82, 2.24) is 9.88 Å². The summed E-state index contributed by atoms with van der Waals surface area (Å²) < 4.78 is 0. The van der Waals surface area contributed by atoms with Crippen molar-refractivity contribution in [3.63, 3.8) is 0 Å². The van der Waals surface area contributed by atoms with E-state index >= 15 is 0 Å². The fourth-order valence-corrected chi connectivity index (χ4v) is 2.26. The lowest BCUT2D eigenvalue weighted by Gasteiger charge is -2.22. The molecule has 1 heterocycles. The van der Waals surface area contributed by atoms with E-state index in [1.807, 2.05) is 18.3 Å². The second kappa shape index (κ2) is 5.89. The maximum Gasteiger partial charge on any atom is 0.0951 e. The fourth-order valence-electron chi connectivity index (χ4n) is 2.26. The van der Waals surface area contributed by atoms with Crippen molar-refractivity contribution >= 4 is 22.3 Å². The van der Waals surface area contributed by atoms with E-state index in [-0.39, 0.29) is 0 Å². The molecule has 0 unspecified atom stereocenters. The summed E-state index contributed by atoms with van der Waals surface area (Å²) in [5, 5.41) is 1.12. The van der Waals surface area contributed by atoms with Crippen LogP contribution in [0.5, 0.6) is 0 Å². The van der Waals surface area contributed by atoms with Gasteiger partial charge in [0.25, 0.3) is 0 Å². The Morgan fingerprint density at radius 1 is 1.11 bits per heavy atom. The zero-order valence-corrected chi connectivity index (χ0v) is 11.9. The second-order valence-corrected chi connectivity index (χ2v) is 5.15. The molecule has 0 atom stereocenters. The number of aromatic nitrogens is 1. The van der Waals surface area contributed by atoms with Crippen molar-refractivity contribution in [3.05, 3.63) is 30.5 Å². The number of nitrogens with zero attached hydrogens (tertiary/aromatic N) is 3. The highest BCUT2D eigenvalue weighted by Crippen LogP contribution is 2.27. The maximum atomic E-state index is 5.98. The van der Waals surface area contributed by atoms with Crippen molar-refractivity contribution < 1.29 is 0 Å². The molecule has 19 heavy (non-hydrogen) atoms. The SMILES string of the molecule is CN(C)CCCN(C)c1ccnc2c(N)cccc12. The lowest BCUT2D eigenvalue weighted by Crippen LogP contribution is -2.23. The second-order valence-electron chi connectivity index (χ2n) is 5.15. The number of pyridine rings is 1. The first-order chi connectivity index (χ1) is 9.09. The molecule has 4 heteroatoms. The molecule has 0 saturated carbocycles. The summed E-state index contributed by atoms with van der Waals surface area (Å²) in [7, 11) is 6.32. The Hall–Kier alpha value is -1.81. The van der Waals surface area contributed by atoms with Gasteiger partial charge in [-0.1, -0.05) is 12.1 Å². The van der Waals surface area contributed by atoms with Crippen LogP contribution in [0.4, 0.5) is 11.4 Å². The zero-order valence-electron chi connectivity index (χ0n) is 11.9. The third-order valence-corrected chi connectivity index (χ3v) is 3.29. The number of rotatable bonds is 5. The van der Waals surface area contributed by atoms with E-state index in [9.17, 15) is 0 Å². The number of hydrogen-bond donors (Lipinski definition) is 1. The van der Waals surface area contributed by atoms with E-state index in [0.717, 1.165) is 36.1 Å². The average molecular weight is 258 g/mol. The van der Waals surface area contributed by atoms with E-state index in [0.29, 0.717) is 0 Å². The fraction of sp³-hybridized carbons (Fsp3) is 0.400. The molecule has 2 N–H and O–H groups in total. The van der Waals surface area contributed by atoms with Gasteiger partial charge in [-0.05, 0) is 39.2 Å². The van der Waals surface area contributed by atoms with Gasteiger partial charge < -0.3 is 15.5 Å². The molecule has 0 radical (unpaired) electrons. The van der Waals surface area contributed by atoms with Gasteiger partial charge in [0.2, 0.25) is 0 Å². The van der Waals surface area contributed by atoms with Crippen molar-refractivity contribution in [2.24, 2.45) is 0 Å². The van der Waals surface area contributed by atoms with Crippen LogP contribution in [0.1, 0.15) is 6.42 Å². The summed E-state index contributed by atoms with van der Waals surface area (Å²) in [4.78, 5) is 8.85. The molecule has 0 aliphatic carbocycles. The monoisotopic (exact) mass is 258 g/mol. The summed E-state index contributed by atoms with van der Waals surface area (Å²) >= 11 is 0. The van der Waals surface area contributed by atoms with Crippen LogP contribution in [-0.2, 0) is 0 Å². The highest BCUT2D eigenvalue weighted by molar-refractivity contribution is 5.97. The Labute approximate surface area is 114 Å². The minimum atomic E-state index is 0.737. The first kappa shape index (κ1) is 13.6. The molecule has 0 bridgehead atoms. The van der Waals surface area contributed by atoms with Crippen molar-refractivity contribution in [3.8, 4) is 0 Å². The number of para-hydroxylation sites is 1. The van der Waals surface area contributed by atoms with E-state index in [1.54, 1.807) is 0 Å². The predicted molar refractivity (Wildman–Crippen MR) is 82.6 cm³/mol. The summed E-state index contributed by atoms with van der Waals surface area (Å²) in [6.45, 7) is 2.11. The molecule has 0 fully saturated rings. The number of nitrogens with two attached hydrogens (primary N) is 1. The quantitative estimate of drug-likeness (QED) is 0.835. The average Bonchev–Trinajstić information content (AvgIpc) is 2.38. The molecule has 2 aromatic rings. The number of benzene rings is 1. The Balaban J connectivity index is 2.22. The zero-order chi connectivity index (χ0) is 13.8. The van der Waals surface area contributed by atoms with Gasteiger partial charge in [0.05, 0.1) is 11.2 Å². The Morgan fingerprint density at radius 2 is 1.89 bits per heavy atom. The van der Waals surface area contributed by atoms with Gasteiger partial charge in [-0.15, -0.1) is 0 Å². The van der Waals surface area contributed by atoms with Crippen LogP contribution in [0, 0.1) is 0 Å². The molecule has 1 aromatic heterocycles. The molecule has 1 aromatic carbocycles. The topological polar surface area (TPSA) is 45.4 Å². The van der Waals surface area contributed by atoms with Crippen molar-refractivity contribution in [2.75, 3.05) is 44.9 Å². The Bertz CT molecular complexity index is 551. The van der Waals surface area contributed by atoms with Crippen LogP contribution in [0.15, 0.2) is 30.5 Å². The Morgan fingerprint density at radius 3 is 2.63 bits per heavy atom. The van der Waals surface area contributed by atoms with Gasteiger partial charge in [-0.2, -0.15) is 0 Å². The third-order valence-electron chi connectivity index (χ3n) is 3.29. The predicted octanol–water partition coefficient (Wildman–Crippen LogP) is 2.20. The molecule has 102 valence electrons. The third kappa shape index (κ3) is 3.15. The molecule has 2 rings (SSSR count). The minimum absolute atomic E-state index is 0.737. The molecule has 0 amide bonds. The molecular formula is C15H22N4. The number of nitrogen functional groups attached to an aromatic ring is 1. The molecule has 0 spiro atoms. The van der Waals surface area contributed by atoms with Crippen molar-refractivity contribution in [1.29, 1.82) is 0 Å². The Kier molecular flexibility index (Phi) is 4.22. The van der Waals surface area contributed by atoms with E-state index in [4.69, 9.17) is 5.73 Å². The van der Waals surface area contributed by atoms with Crippen LogP contribution >= 0.6 is 0 Å². The summed E-state index contributed by atoms with van der Waals surface area (Å²) in [6, 6.07) is 8.01. The normalized spacial score (nSPS) is 11.2. The first-order valence-corrected chi connectivity index (χ1v) is 6.58. The van der Waals surface area contributed by atoms with E-state index in [1.165, 1.54) is 5.69 Å². The highest BCUT2D eigenvalue weighted by Gasteiger charge is 2.08. The molecule has 4 nitrogen and oxygen atoms in total. The van der Waals surface area contributed by atoms with Gasteiger partial charge in [0.1, 0.15) is 0 Å². The van der Waals surface area contributed by atoms with Crippen LogP contribution in [0.25, 0.3) is 10.9 Å². The number of fused-ring (bicyclic) bond motifs is 1. The molecule has 0 saturated heterocycles. The van der Waals surface area contributed by atoms with Crippen LogP contribution in [0.3, 0.4) is 0 Å². The molecule has 0 aliphatic rings. The number of hydrogen-bond acceptors (Lipinski definition) is 4. The largest absolute Gasteiger partial charge is 0.397 e. The summed E-state index contributed by atoms with van der Waals surface area (Å²) in [5.74, 6) is 0. The van der Waals surface area contributed by atoms with E-state index < -0.39 is 0 Å². The minimum Gasteiger partial charge on any atom is -0.397 e. The van der Waals surface area contributed by atoms with Crippen LogP contribution in [0.2, 0.25) is 0 Å². The lowest BCUT2D eigenvalue weighted by molar-refractivity contribution is 0.402. The highest BCUT2D eigenvalue weighted by atomic mass is 15.1. The van der Waals surface area contributed by atoms with Crippen LogP contribution < -0.4 is 10.6 Å². The summed E-state index contributed by atoms with van der Waals surface area (Å²) in [6.07, 6.45) is 2.96. The lowest BCUT2D eigenvalue weighted by atomic mass is 10.1. The van der Waals surface area contributed by atoms with Gasteiger partial charge in [-0.25, -0.2) is 0 Å². The summed E-state index contributed by atoms with van der Waals surface area (Å²) in [5.41, 5.74) is 8.79. The molecular weight excluding hydrogens is 236 g/mol. The molecule has 0 aliphatic heterocycles. The van der Waals surface area contributed by atoms with Crippen molar-refractivity contribution in [2.45, 2.75) is 6.42 Å². The van der Waals surface area contributed by atoms with Gasteiger partial charge in [0, 0.05) is 30.9 Å². The standard InChI is InChI=1S/C15H22N4/c1-18(2)10-5-11-19(3)14-8-9-17-15-12(14)6-4-7-13(15)16/h4,6-9H,5,10-11,16H2,1-3H3. The number of anilines is 2. The first-order valence-electron chi connectivity index (χ1n) is 6.58. The van der Waals surface area contributed by atoms with Gasteiger partial charge >= 0.3 is 0 Å². The van der Waals surface area contributed by atoms with Gasteiger partial charge in [0.15, 0.2) is 0 Å². The maximum absolute atomic E-state index is 5.98. The smallest absolute Gasteiger partial charge is 0.0951 e.